The van der Waals surface area contributed by atoms with Crippen molar-refractivity contribution in [2.24, 2.45) is 5.92 Å². The zero-order chi connectivity index (χ0) is 13.7. The quantitative estimate of drug-likeness (QED) is 0.822. The van der Waals surface area contributed by atoms with Crippen LogP contribution in [0.1, 0.15) is 44.1 Å². The number of nitrogens with zero attached hydrogens (tertiary/aromatic N) is 1. The predicted octanol–water partition coefficient (Wildman–Crippen LogP) is 3.83. The summed E-state index contributed by atoms with van der Waals surface area (Å²) in [6.45, 7) is 0. The third-order valence-electron chi connectivity index (χ3n) is 4.12. The van der Waals surface area contributed by atoms with Gasteiger partial charge in [-0.1, -0.05) is 31.4 Å². The molecule has 0 N–H and O–H groups in total. The fourth-order valence-corrected chi connectivity index (χ4v) is 2.84. The molecule has 0 aromatic heterocycles. The van der Waals surface area contributed by atoms with E-state index in [0.29, 0.717) is 5.78 Å². The Bertz CT molecular complexity index is 408. The standard InChI is InChI=1S/C17H25NO/c1-18(2)16-11-9-14(10-12-16)13-15-7-5-3-4-6-8-17(15)19/h9-12,15H,3-8,13H2,1-2H3. The summed E-state index contributed by atoms with van der Waals surface area (Å²) in [6.07, 6.45) is 7.63. The zero-order valence-electron chi connectivity index (χ0n) is 12.2. The molecule has 1 unspecified atom stereocenters. The summed E-state index contributed by atoms with van der Waals surface area (Å²) in [4.78, 5) is 14.2. The molecule has 19 heavy (non-hydrogen) atoms. The molecular weight excluding hydrogens is 234 g/mol. The molecule has 1 aliphatic rings. The summed E-state index contributed by atoms with van der Waals surface area (Å²) in [5.41, 5.74) is 2.51. The molecule has 1 atom stereocenters. The van der Waals surface area contributed by atoms with E-state index in [0.717, 1.165) is 25.7 Å². The zero-order valence-corrected chi connectivity index (χ0v) is 12.2. The number of rotatable bonds is 3. The first-order valence-electron chi connectivity index (χ1n) is 7.46. The van der Waals surface area contributed by atoms with Crippen molar-refractivity contribution in [3.8, 4) is 0 Å². The lowest BCUT2D eigenvalue weighted by atomic mass is 9.85. The lowest BCUT2D eigenvalue weighted by molar-refractivity contribution is -0.123. The van der Waals surface area contributed by atoms with E-state index in [1.54, 1.807) is 0 Å². The highest BCUT2D eigenvalue weighted by molar-refractivity contribution is 5.81. The van der Waals surface area contributed by atoms with Crippen LogP contribution in [-0.2, 0) is 11.2 Å². The second kappa shape index (κ2) is 6.74. The molecule has 0 saturated heterocycles. The summed E-state index contributed by atoms with van der Waals surface area (Å²) >= 11 is 0. The van der Waals surface area contributed by atoms with Gasteiger partial charge in [-0.05, 0) is 37.0 Å². The number of anilines is 1. The van der Waals surface area contributed by atoms with Crippen molar-refractivity contribution in [2.75, 3.05) is 19.0 Å². The van der Waals surface area contributed by atoms with Gasteiger partial charge in [-0.25, -0.2) is 0 Å². The molecule has 1 fully saturated rings. The van der Waals surface area contributed by atoms with Crippen LogP contribution in [0.25, 0.3) is 0 Å². The second-order valence-corrected chi connectivity index (χ2v) is 5.88. The van der Waals surface area contributed by atoms with Crippen LogP contribution in [0.2, 0.25) is 0 Å². The number of hydrogen-bond donors (Lipinski definition) is 0. The minimum atomic E-state index is 0.255. The molecule has 1 aromatic carbocycles. The number of carbonyl (C=O) groups is 1. The van der Waals surface area contributed by atoms with Crippen LogP contribution < -0.4 is 4.90 Å². The number of benzene rings is 1. The van der Waals surface area contributed by atoms with Crippen LogP contribution in [0.4, 0.5) is 5.69 Å². The Hall–Kier alpha value is -1.31. The molecule has 1 saturated carbocycles. The first kappa shape index (κ1) is 14.1. The van der Waals surface area contributed by atoms with Gasteiger partial charge < -0.3 is 4.90 Å². The molecule has 2 rings (SSSR count). The van der Waals surface area contributed by atoms with Gasteiger partial charge in [0.15, 0.2) is 0 Å². The SMILES string of the molecule is CN(C)c1ccc(CC2CCCCCCC2=O)cc1. The van der Waals surface area contributed by atoms with Crippen LogP contribution in [-0.4, -0.2) is 19.9 Å². The molecule has 1 aliphatic carbocycles. The van der Waals surface area contributed by atoms with Gasteiger partial charge in [0.25, 0.3) is 0 Å². The van der Waals surface area contributed by atoms with Crippen molar-refractivity contribution in [3.63, 3.8) is 0 Å². The molecule has 0 bridgehead atoms. The average molecular weight is 259 g/mol. The van der Waals surface area contributed by atoms with E-state index in [1.165, 1.54) is 30.5 Å². The lowest BCUT2D eigenvalue weighted by Gasteiger charge is -2.19. The number of carbonyl (C=O) groups excluding carboxylic acids is 1. The van der Waals surface area contributed by atoms with Crippen LogP contribution in [0.5, 0.6) is 0 Å². The smallest absolute Gasteiger partial charge is 0.136 e. The van der Waals surface area contributed by atoms with Crippen LogP contribution in [0.3, 0.4) is 0 Å². The molecule has 104 valence electrons. The Morgan fingerprint density at radius 1 is 1.05 bits per heavy atom. The van der Waals surface area contributed by atoms with Crippen LogP contribution in [0.15, 0.2) is 24.3 Å². The van der Waals surface area contributed by atoms with Crippen LogP contribution >= 0.6 is 0 Å². The molecule has 0 spiro atoms. The third-order valence-corrected chi connectivity index (χ3v) is 4.12. The Labute approximate surface area is 116 Å². The predicted molar refractivity (Wildman–Crippen MR) is 80.7 cm³/mol. The summed E-state index contributed by atoms with van der Waals surface area (Å²) in [5.74, 6) is 0.738. The van der Waals surface area contributed by atoms with Crippen LogP contribution in [0, 0.1) is 5.92 Å². The topological polar surface area (TPSA) is 20.3 Å². The molecule has 0 radical (unpaired) electrons. The number of ketones is 1. The van der Waals surface area contributed by atoms with E-state index in [4.69, 9.17) is 0 Å². The van der Waals surface area contributed by atoms with Crippen molar-refractivity contribution in [2.45, 2.75) is 44.9 Å². The fraction of sp³-hybridized carbons (Fsp3) is 0.588. The first-order chi connectivity index (χ1) is 9.16. The van der Waals surface area contributed by atoms with Gasteiger partial charge in [0, 0.05) is 32.1 Å². The minimum absolute atomic E-state index is 0.255. The van der Waals surface area contributed by atoms with Crippen molar-refractivity contribution < 1.29 is 4.79 Å². The van der Waals surface area contributed by atoms with Gasteiger partial charge >= 0.3 is 0 Å². The van der Waals surface area contributed by atoms with Gasteiger partial charge in [-0.3, -0.25) is 4.79 Å². The lowest BCUT2D eigenvalue weighted by Crippen LogP contribution is -2.18. The van der Waals surface area contributed by atoms with E-state index in [9.17, 15) is 4.79 Å². The molecule has 2 heteroatoms. The minimum Gasteiger partial charge on any atom is -0.378 e. The molecule has 2 nitrogen and oxygen atoms in total. The first-order valence-corrected chi connectivity index (χ1v) is 7.46. The maximum atomic E-state index is 12.1. The molecule has 1 aromatic rings. The average Bonchev–Trinajstić information content (AvgIpc) is 2.39. The second-order valence-electron chi connectivity index (χ2n) is 5.88. The van der Waals surface area contributed by atoms with Gasteiger partial charge in [-0.2, -0.15) is 0 Å². The van der Waals surface area contributed by atoms with E-state index in [-0.39, 0.29) is 5.92 Å². The van der Waals surface area contributed by atoms with Crippen molar-refractivity contribution in [3.05, 3.63) is 29.8 Å². The van der Waals surface area contributed by atoms with E-state index in [1.807, 2.05) is 14.1 Å². The maximum Gasteiger partial charge on any atom is 0.136 e. The Morgan fingerprint density at radius 2 is 1.74 bits per heavy atom. The highest BCUT2D eigenvalue weighted by Gasteiger charge is 2.19. The maximum absolute atomic E-state index is 12.1. The summed E-state index contributed by atoms with van der Waals surface area (Å²) in [7, 11) is 4.10. The van der Waals surface area contributed by atoms with Gasteiger partial charge in [0.2, 0.25) is 0 Å². The van der Waals surface area contributed by atoms with Crippen molar-refractivity contribution >= 4 is 11.5 Å². The summed E-state index contributed by atoms with van der Waals surface area (Å²) in [6, 6.07) is 8.62. The summed E-state index contributed by atoms with van der Waals surface area (Å²) in [5, 5.41) is 0. The van der Waals surface area contributed by atoms with Gasteiger partial charge in [0.1, 0.15) is 5.78 Å². The Balaban J connectivity index is 1.99. The van der Waals surface area contributed by atoms with Crippen molar-refractivity contribution in [1.29, 1.82) is 0 Å². The van der Waals surface area contributed by atoms with Gasteiger partial charge in [-0.15, -0.1) is 0 Å². The Kier molecular flexibility index (Phi) is 5.00. The van der Waals surface area contributed by atoms with Crippen molar-refractivity contribution in [1.82, 2.24) is 0 Å². The Morgan fingerprint density at radius 3 is 2.42 bits per heavy atom. The highest BCUT2D eigenvalue weighted by atomic mass is 16.1. The molecular formula is C17H25NO. The number of hydrogen-bond acceptors (Lipinski definition) is 2. The highest BCUT2D eigenvalue weighted by Crippen LogP contribution is 2.24. The normalized spacial score (nSPS) is 20.7. The van der Waals surface area contributed by atoms with E-state index in [2.05, 4.69) is 29.2 Å². The van der Waals surface area contributed by atoms with Gasteiger partial charge in [0.05, 0.1) is 0 Å². The van der Waals surface area contributed by atoms with E-state index < -0.39 is 0 Å². The summed E-state index contributed by atoms with van der Waals surface area (Å²) < 4.78 is 0. The largest absolute Gasteiger partial charge is 0.378 e. The third kappa shape index (κ3) is 4.09. The molecule has 0 amide bonds. The number of Topliss-reactive ketones (excluding diaryl/α,β-unsaturated/α-hetero) is 1. The van der Waals surface area contributed by atoms with E-state index >= 15 is 0 Å². The molecule has 0 aliphatic heterocycles. The molecule has 0 heterocycles. The monoisotopic (exact) mass is 259 g/mol. The fourth-order valence-electron chi connectivity index (χ4n) is 2.84.